The Kier molecular flexibility index (Phi) is 4.71. The number of aliphatic carboxylic acids is 1. The highest BCUT2D eigenvalue weighted by atomic mass is 127. The van der Waals surface area contributed by atoms with Gasteiger partial charge in [-0.25, -0.2) is 4.39 Å². The normalized spacial score (nSPS) is 11.4. The van der Waals surface area contributed by atoms with E-state index in [4.69, 9.17) is 5.11 Å². The first-order valence-corrected chi connectivity index (χ1v) is 5.52. The predicted molar refractivity (Wildman–Crippen MR) is 59.8 cm³/mol. The summed E-state index contributed by atoms with van der Waals surface area (Å²) in [7, 11) is 0. The number of carboxylic acids is 1. The van der Waals surface area contributed by atoms with E-state index in [0.29, 0.717) is 0 Å². The van der Waals surface area contributed by atoms with Gasteiger partial charge >= 0.3 is 12.3 Å². The van der Waals surface area contributed by atoms with E-state index in [1.165, 1.54) is 22.6 Å². The zero-order valence-corrected chi connectivity index (χ0v) is 10.7. The zero-order chi connectivity index (χ0) is 13.9. The summed E-state index contributed by atoms with van der Waals surface area (Å²) in [6.07, 6.45) is -4.82. The first-order valence-electron chi connectivity index (χ1n) is 4.44. The highest BCUT2D eigenvalue weighted by molar-refractivity contribution is 14.1. The molecule has 0 radical (unpaired) electrons. The van der Waals surface area contributed by atoms with Crippen LogP contribution < -0.4 is 4.74 Å². The SMILES string of the molecule is O=C(O)Cc1c(CF)ncc(OC(F)(F)F)c1I. The van der Waals surface area contributed by atoms with E-state index in [2.05, 4.69) is 9.72 Å². The number of nitrogens with zero attached hydrogens (tertiary/aromatic N) is 1. The van der Waals surface area contributed by atoms with Crippen LogP contribution in [0.4, 0.5) is 17.6 Å². The Morgan fingerprint density at radius 3 is 2.56 bits per heavy atom. The van der Waals surface area contributed by atoms with Crippen molar-refractivity contribution in [2.24, 2.45) is 0 Å². The van der Waals surface area contributed by atoms with Gasteiger partial charge in [0, 0.05) is 5.56 Å². The molecule has 0 saturated carbocycles. The van der Waals surface area contributed by atoms with Gasteiger partial charge in [0.05, 0.1) is 21.9 Å². The van der Waals surface area contributed by atoms with E-state index >= 15 is 0 Å². The van der Waals surface area contributed by atoms with Crippen LogP contribution >= 0.6 is 22.6 Å². The van der Waals surface area contributed by atoms with Crippen molar-refractivity contribution in [2.45, 2.75) is 19.5 Å². The third-order valence-corrected chi connectivity index (χ3v) is 3.03. The van der Waals surface area contributed by atoms with Gasteiger partial charge in [-0.3, -0.25) is 9.78 Å². The third-order valence-electron chi connectivity index (χ3n) is 1.85. The lowest BCUT2D eigenvalue weighted by molar-refractivity contribution is -0.275. The molecule has 0 bridgehead atoms. The second-order valence-corrected chi connectivity index (χ2v) is 4.19. The van der Waals surface area contributed by atoms with Gasteiger partial charge in [-0.1, -0.05) is 0 Å². The number of rotatable bonds is 4. The van der Waals surface area contributed by atoms with Crippen LogP contribution in [-0.4, -0.2) is 22.4 Å². The van der Waals surface area contributed by atoms with Gasteiger partial charge in [-0.05, 0) is 22.6 Å². The Bertz CT molecular complexity index is 464. The largest absolute Gasteiger partial charge is 0.573 e. The molecule has 4 nitrogen and oxygen atoms in total. The summed E-state index contributed by atoms with van der Waals surface area (Å²) in [4.78, 5) is 14.0. The van der Waals surface area contributed by atoms with Gasteiger partial charge < -0.3 is 9.84 Å². The molecule has 1 aromatic rings. The fourth-order valence-corrected chi connectivity index (χ4v) is 1.94. The molecule has 9 heteroatoms. The first-order chi connectivity index (χ1) is 8.24. The number of hydrogen-bond acceptors (Lipinski definition) is 3. The van der Waals surface area contributed by atoms with Crippen molar-refractivity contribution in [3.05, 3.63) is 21.0 Å². The van der Waals surface area contributed by atoms with Gasteiger partial charge in [0.25, 0.3) is 0 Å². The minimum atomic E-state index is -4.92. The summed E-state index contributed by atoms with van der Waals surface area (Å²) in [6.45, 7) is -1.06. The fourth-order valence-electron chi connectivity index (χ4n) is 1.19. The Hall–Kier alpha value is -1.13. The molecular formula is C9H6F4INO3. The van der Waals surface area contributed by atoms with Crippen LogP contribution in [0.25, 0.3) is 0 Å². The van der Waals surface area contributed by atoms with Crippen molar-refractivity contribution in [3.63, 3.8) is 0 Å². The van der Waals surface area contributed by atoms with E-state index in [1.807, 2.05) is 0 Å². The van der Waals surface area contributed by atoms with E-state index in [9.17, 15) is 22.4 Å². The molecule has 0 amide bonds. The molecule has 0 aromatic carbocycles. The molecule has 1 N–H and O–H groups in total. The predicted octanol–water partition coefficient (Wildman–Crippen LogP) is 2.68. The lowest BCUT2D eigenvalue weighted by Crippen LogP contribution is -2.19. The van der Waals surface area contributed by atoms with Crippen LogP contribution in [0.2, 0.25) is 0 Å². The maximum Gasteiger partial charge on any atom is 0.573 e. The van der Waals surface area contributed by atoms with Gasteiger partial charge in [0.1, 0.15) is 6.67 Å². The molecule has 1 heterocycles. The van der Waals surface area contributed by atoms with Crippen LogP contribution in [0, 0.1) is 3.57 Å². The molecule has 0 spiro atoms. The Morgan fingerprint density at radius 2 is 2.11 bits per heavy atom. The van der Waals surface area contributed by atoms with E-state index in [1.54, 1.807) is 0 Å². The van der Waals surface area contributed by atoms with E-state index < -0.39 is 31.2 Å². The second kappa shape index (κ2) is 5.67. The number of carbonyl (C=O) groups is 1. The fraction of sp³-hybridized carbons (Fsp3) is 0.333. The minimum absolute atomic E-state index is 0.116. The number of aromatic nitrogens is 1. The molecule has 0 unspecified atom stereocenters. The number of hydrogen-bond donors (Lipinski definition) is 1. The maximum absolute atomic E-state index is 12.6. The molecule has 0 aliphatic heterocycles. The first kappa shape index (κ1) is 14.9. The summed E-state index contributed by atoms with van der Waals surface area (Å²) in [6, 6.07) is 0. The average Bonchev–Trinajstić information content (AvgIpc) is 2.22. The topological polar surface area (TPSA) is 59.4 Å². The van der Waals surface area contributed by atoms with Crippen LogP contribution in [0.3, 0.4) is 0 Å². The second-order valence-electron chi connectivity index (χ2n) is 3.11. The monoisotopic (exact) mass is 379 g/mol. The zero-order valence-electron chi connectivity index (χ0n) is 8.59. The molecule has 0 fully saturated rings. The smallest absolute Gasteiger partial charge is 0.481 e. The van der Waals surface area contributed by atoms with Crippen molar-refractivity contribution in [2.75, 3.05) is 0 Å². The standard InChI is InChI=1S/C9H6F4INO3/c10-2-5-4(1-7(16)17)8(14)6(3-15-5)18-9(11,12)13/h3H,1-2H2,(H,16,17). The maximum atomic E-state index is 12.6. The highest BCUT2D eigenvalue weighted by Crippen LogP contribution is 2.31. The van der Waals surface area contributed by atoms with E-state index in [-0.39, 0.29) is 14.8 Å². The molecule has 0 aliphatic carbocycles. The van der Waals surface area contributed by atoms with Crippen molar-refractivity contribution in [1.29, 1.82) is 0 Å². The van der Waals surface area contributed by atoms with Crippen molar-refractivity contribution >= 4 is 28.6 Å². The Labute approximate surface area is 112 Å². The highest BCUT2D eigenvalue weighted by Gasteiger charge is 2.33. The van der Waals surface area contributed by atoms with Gasteiger partial charge in [-0.15, -0.1) is 13.2 Å². The van der Waals surface area contributed by atoms with Gasteiger partial charge in [0.15, 0.2) is 5.75 Å². The number of pyridine rings is 1. The summed E-state index contributed by atoms with van der Waals surface area (Å²) in [5, 5.41) is 8.62. The molecule has 100 valence electrons. The summed E-state index contributed by atoms with van der Waals surface area (Å²) >= 11 is 1.47. The van der Waals surface area contributed by atoms with Crippen LogP contribution in [-0.2, 0) is 17.9 Å². The molecule has 18 heavy (non-hydrogen) atoms. The van der Waals surface area contributed by atoms with Gasteiger partial charge in [0.2, 0.25) is 0 Å². The summed E-state index contributed by atoms with van der Waals surface area (Å²) in [5.74, 6) is -1.94. The van der Waals surface area contributed by atoms with Crippen molar-refractivity contribution < 1.29 is 32.2 Å². The lowest BCUT2D eigenvalue weighted by atomic mass is 10.1. The average molecular weight is 379 g/mol. The van der Waals surface area contributed by atoms with Crippen LogP contribution in [0.5, 0.6) is 5.75 Å². The molecule has 1 aromatic heterocycles. The molecule has 0 aliphatic rings. The van der Waals surface area contributed by atoms with Crippen molar-refractivity contribution in [3.8, 4) is 5.75 Å². The molecular weight excluding hydrogens is 373 g/mol. The quantitative estimate of drug-likeness (QED) is 0.646. The number of ether oxygens (including phenoxy) is 1. The van der Waals surface area contributed by atoms with Crippen LogP contribution in [0.15, 0.2) is 6.20 Å². The summed E-state index contributed by atoms with van der Waals surface area (Å²) in [5.41, 5.74) is -0.330. The molecule has 0 atom stereocenters. The molecule has 1 rings (SSSR count). The molecule has 0 saturated heterocycles. The minimum Gasteiger partial charge on any atom is -0.481 e. The van der Waals surface area contributed by atoms with Crippen LogP contribution in [0.1, 0.15) is 11.3 Å². The van der Waals surface area contributed by atoms with Gasteiger partial charge in [-0.2, -0.15) is 0 Å². The number of halogens is 5. The number of alkyl halides is 4. The third kappa shape index (κ3) is 3.96. The Balaban J connectivity index is 3.20. The lowest BCUT2D eigenvalue weighted by Gasteiger charge is -2.13. The van der Waals surface area contributed by atoms with E-state index in [0.717, 1.165) is 6.20 Å². The van der Waals surface area contributed by atoms with Crippen molar-refractivity contribution in [1.82, 2.24) is 4.98 Å². The summed E-state index contributed by atoms with van der Waals surface area (Å²) < 4.78 is 52.3. The Morgan fingerprint density at radius 1 is 1.50 bits per heavy atom. The number of carboxylic acid groups (broad SMARTS) is 1.